The average molecular weight is 606 g/mol. The van der Waals surface area contributed by atoms with E-state index in [4.69, 9.17) is 5.73 Å². The lowest BCUT2D eigenvalue weighted by atomic mass is 9.97. The maximum absolute atomic E-state index is 13.6. The molecule has 7 nitrogen and oxygen atoms in total. The van der Waals surface area contributed by atoms with E-state index >= 15 is 0 Å². The predicted octanol–water partition coefficient (Wildman–Crippen LogP) is 5.03. The summed E-state index contributed by atoms with van der Waals surface area (Å²) < 4.78 is 37.5. The highest BCUT2D eigenvalue weighted by molar-refractivity contribution is 7.99. The number of halogens is 3. The fourth-order valence-electron chi connectivity index (χ4n) is 5.17. The Morgan fingerprint density at radius 2 is 1.55 bits per heavy atom. The number of benzene rings is 2. The minimum atomic E-state index is -4.87. The van der Waals surface area contributed by atoms with Gasteiger partial charge in [0.1, 0.15) is 6.04 Å². The number of carbonyl (C=O) groups excluding carboxylic acids is 4. The second-order valence-corrected chi connectivity index (χ2v) is 11.6. The van der Waals surface area contributed by atoms with Gasteiger partial charge in [0.15, 0.2) is 5.78 Å². The molecule has 0 unspecified atom stereocenters. The zero-order chi connectivity index (χ0) is 30.5. The Balaban J connectivity index is 1.63. The number of hydrogen-bond acceptors (Lipinski definition) is 6. The normalized spacial score (nSPS) is 15.2. The zero-order valence-corrected chi connectivity index (χ0v) is 24.4. The monoisotopic (exact) mass is 605 g/mol. The van der Waals surface area contributed by atoms with E-state index in [2.05, 4.69) is 17.0 Å². The molecule has 0 spiro atoms. The number of nitrogens with two attached hydrogens (primary N) is 1. The van der Waals surface area contributed by atoms with Crippen LogP contribution in [0.2, 0.25) is 0 Å². The van der Waals surface area contributed by atoms with Crippen molar-refractivity contribution in [1.82, 2.24) is 9.80 Å². The molecule has 11 heteroatoms. The molecular formula is C31H38F3N3O4S. The number of piperidine rings is 1. The summed E-state index contributed by atoms with van der Waals surface area (Å²) in [5, 5.41) is 0. The van der Waals surface area contributed by atoms with Gasteiger partial charge >= 0.3 is 6.18 Å². The van der Waals surface area contributed by atoms with Crippen LogP contribution in [0.15, 0.2) is 60.7 Å². The van der Waals surface area contributed by atoms with Crippen LogP contribution >= 0.6 is 11.8 Å². The van der Waals surface area contributed by atoms with Crippen molar-refractivity contribution in [3.8, 4) is 0 Å². The van der Waals surface area contributed by atoms with Gasteiger partial charge in [-0.05, 0) is 43.4 Å². The molecule has 1 aliphatic heterocycles. The molecule has 42 heavy (non-hydrogen) atoms. The number of rotatable bonds is 16. The number of Topliss-reactive ketones (excluding diaryl/α,β-unsaturated/α-hetero) is 2. The Kier molecular flexibility index (Phi) is 13.1. The Morgan fingerprint density at radius 3 is 2.14 bits per heavy atom. The Labute approximate surface area is 249 Å². The van der Waals surface area contributed by atoms with Crippen molar-refractivity contribution in [1.29, 1.82) is 0 Å². The highest BCUT2D eigenvalue weighted by atomic mass is 32.2. The van der Waals surface area contributed by atoms with Crippen molar-refractivity contribution in [2.75, 3.05) is 24.6 Å². The van der Waals surface area contributed by atoms with Gasteiger partial charge in [-0.2, -0.15) is 24.9 Å². The number of likely N-dealkylation sites (tertiary alicyclic amines) is 1. The van der Waals surface area contributed by atoms with E-state index in [0.717, 1.165) is 31.4 Å². The summed E-state index contributed by atoms with van der Waals surface area (Å²) in [6.45, 7) is 2.21. The zero-order valence-electron chi connectivity index (χ0n) is 23.6. The fraction of sp³-hybridized carbons (Fsp3) is 0.484. The van der Waals surface area contributed by atoms with Crippen LogP contribution in [0.4, 0.5) is 13.2 Å². The molecule has 0 aromatic heterocycles. The lowest BCUT2D eigenvalue weighted by molar-refractivity contribution is -0.167. The maximum atomic E-state index is 13.6. The molecule has 2 aromatic carbocycles. The van der Waals surface area contributed by atoms with E-state index in [-0.39, 0.29) is 42.7 Å². The summed E-state index contributed by atoms with van der Waals surface area (Å²) in [4.78, 5) is 53.8. The summed E-state index contributed by atoms with van der Waals surface area (Å²) >= 11 is 0.845. The van der Waals surface area contributed by atoms with E-state index in [0.29, 0.717) is 31.2 Å². The molecule has 228 valence electrons. The molecule has 1 atom stereocenters. The molecule has 0 radical (unpaired) electrons. The maximum Gasteiger partial charge on any atom is 0.450 e. The number of amides is 2. The number of hydrogen-bond donors (Lipinski definition) is 1. The minimum Gasteiger partial charge on any atom is -0.368 e. The van der Waals surface area contributed by atoms with Crippen LogP contribution in [0.25, 0.3) is 0 Å². The van der Waals surface area contributed by atoms with Crippen molar-refractivity contribution in [2.45, 2.75) is 69.8 Å². The Bertz CT molecular complexity index is 1170. The molecule has 1 aliphatic rings. The first kappa shape index (κ1) is 33.3. The van der Waals surface area contributed by atoms with Gasteiger partial charge in [0, 0.05) is 44.1 Å². The number of ketones is 2. The van der Waals surface area contributed by atoms with Crippen LogP contribution in [0, 0.1) is 0 Å². The lowest BCUT2D eigenvalue weighted by Gasteiger charge is -2.42. The molecule has 1 heterocycles. The van der Waals surface area contributed by atoms with Crippen molar-refractivity contribution >= 4 is 35.1 Å². The molecule has 0 saturated carbocycles. The Hall–Kier alpha value is -3.18. The second kappa shape index (κ2) is 16.5. The van der Waals surface area contributed by atoms with Crippen LogP contribution in [0.1, 0.15) is 60.9 Å². The van der Waals surface area contributed by atoms with E-state index < -0.39 is 29.7 Å². The average Bonchev–Trinajstić information content (AvgIpc) is 2.97. The van der Waals surface area contributed by atoms with E-state index in [1.807, 2.05) is 24.3 Å². The van der Waals surface area contributed by atoms with Gasteiger partial charge in [0.2, 0.25) is 17.6 Å². The minimum absolute atomic E-state index is 0.0685. The lowest BCUT2D eigenvalue weighted by Crippen LogP contribution is -2.55. The van der Waals surface area contributed by atoms with E-state index in [1.54, 1.807) is 29.2 Å². The molecule has 1 fully saturated rings. The van der Waals surface area contributed by atoms with Crippen LogP contribution in [-0.4, -0.2) is 76.0 Å². The van der Waals surface area contributed by atoms with E-state index in [9.17, 15) is 32.3 Å². The summed E-state index contributed by atoms with van der Waals surface area (Å²) in [6.07, 6.45) is -2.53. The number of thioether (sulfide) groups is 1. The van der Waals surface area contributed by atoms with Crippen molar-refractivity contribution in [3.05, 3.63) is 71.8 Å². The molecular weight excluding hydrogens is 567 g/mol. The highest BCUT2D eigenvalue weighted by Gasteiger charge is 2.38. The number of alkyl halides is 3. The summed E-state index contributed by atoms with van der Waals surface area (Å²) in [6, 6.07) is 17.7. The van der Waals surface area contributed by atoms with Crippen LogP contribution in [-0.2, 0) is 20.9 Å². The van der Waals surface area contributed by atoms with E-state index in [1.165, 1.54) is 5.56 Å². The van der Waals surface area contributed by atoms with Gasteiger partial charge < -0.3 is 10.6 Å². The van der Waals surface area contributed by atoms with Crippen LogP contribution in [0.5, 0.6) is 0 Å². The predicted molar refractivity (Wildman–Crippen MR) is 157 cm³/mol. The van der Waals surface area contributed by atoms with Gasteiger partial charge in [0.25, 0.3) is 0 Å². The molecule has 0 aliphatic carbocycles. The molecule has 1 saturated heterocycles. The van der Waals surface area contributed by atoms with Gasteiger partial charge in [-0.1, -0.05) is 60.7 Å². The first-order chi connectivity index (χ1) is 20.1. The number of primary amides is 1. The molecule has 2 N–H and O–H groups in total. The molecule has 2 amide bonds. The molecule has 2 aromatic rings. The second-order valence-electron chi connectivity index (χ2n) is 10.5. The van der Waals surface area contributed by atoms with Crippen molar-refractivity contribution in [3.63, 3.8) is 0 Å². The largest absolute Gasteiger partial charge is 0.450 e. The summed E-state index contributed by atoms with van der Waals surface area (Å²) in [7, 11) is 0. The molecule has 0 bridgehead atoms. The first-order valence-corrected chi connectivity index (χ1v) is 15.3. The van der Waals surface area contributed by atoms with Crippen molar-refractivity contribution < 1.29 is 32.3 Å². The van der Waals surface area contributed by atoms with Crippen molar-refractivity contribution in [2.24, 2.45) is 5.73 Å². The summed E-state index contributed by atoms with van der Waals surface area (Å²) in [5.74, 6) is -3.28. The quantitative estimate of drug-likeness (QED) is 0.213. The fourth-order valence-corrected chi connectivity index (χ4v) is 6.03. The standard InChI is InChI=1S/C31H38F3N3O4S/c32-31(33,34)28(39)22-42-20-8-13-26(30(35)41)37(29(40)15-7-14-27(38)24-11-5-2-6-12-24)25-16-18-36(19-17-25)21-23-9-3-1-4-10-23/h1-6,9-12,25-26H,7-8,13-22H2,(H2,35,41)/t26-/m0/s1. The summed E-state index contributed by atoms with van der Waals surface area (Å²) in [5.41, 5.74) is 7.53. The first-order valence-electron chi connectivity index (χ1n) is 14.2. The van der Waals surface area contributed by atoms with Gasteiger partial charge in [-0.25, -0.2) is 0 Å². The van der Waals surface area contributed by atoms with Gasteiger partial charge in [0.05, 0.1) is 5.75 Å². The Morgan fingerprint density at radius 1 is 0.929 bits per heavy atom. The third-order valence-corrected chi connectivity index (χ3v) is 8.40. The van der Waals surface area contributed by atoms with Crippen LogP contribution in [0.3, 0.4) is 0 Å². The number of carbonyl (C=O) groups is 4. The van der Waals surface area contributed by atoms with Gasteiger partial charge in [-0.3, -0.25) is 24.1 Å². The SMILES string of the molecule is NC(=O)[C@H](CCCSCC(=O)C(F)(F)F)N(C(=O)CCCC(=O)c1ccccc1)C1CCN(Cc2ccccc2)CC1. The van der Waals surface area contributed by atoms with Crippen LogP contribution < -0.4 is 5.73 Å². The third-order valence-electron chi connectivity index (χ3n) is 7.36. The smallest absolute Gasteiger partial charge is 0.368 e. The topological polar surface area (TPSA) is 101 Å². The highest BCUT2D eigenvalue weighted by Crippen LogP contribution is 2.25. The molecule has 3 rings (SSSR count). The third kappa shape index (κ3) is 10.6. The van der Waals surface area contributed by atoms with Gasteiger partial charge in [-0.15, -0.1) is 0 Å². The number of nitrogens with zero attached hydrogens (tertiary/aromatic N) is 2.